The van der Waals surface area contributed by atoms with E-state index in [2.05, 4.69) is 26.6 Å². The molecule has 0 aromatic heterocycles. The van der Waals surface area contributed by atoms with Crippen LogP contribution in [-0.4, -0.2) is 26.2 Å². The lowest BCUT2D eigenvalue weighted by Gasteiger charge is -2.16. The molecular formula is C19H23BrN2O3. The second kappa shape index (κ2) is 9.44. The summed E-state index contributed by atoms with van der Waals surface area (Å²) >= 11 is 3.48. The number of carbonyl (C=O) groups is 1. The fraction of sp³-hybridized carbons (Fsp3) is 0.316. The van der Waals surface area contributed by atoms with Crippen molar-refractivity contribution in [2.75, 3.05) is 25.6 Å². The zero-order valence-corrected chi connectivity index (χ0v) is 16.2. The van der Waals surface area contributed by atoms with Crippen LogP contribution in [0.1, 0.15) is 25.5 Å². The predicted octanol–water partition coefficient (Wildman–Crippen LogP) is 4.15. The van der Waals surface area contributed by atoms with E-state index < -0.39 is 0 Å². The minimum atomic E-state index is -0.119. The summed E-state index contributed by atoms with van der Waals surface area (Å²) in [7, 11) is 1.63. The molecule has 1 amide bonds. The first-order valence-corrected chi connectivity index (χ1v) is 8.93. The van der Waals surface area contributed by atoms with Gasteiger partial charge in [0.15, 0.2) is 0 Å². The smallest absolute Gasteiger partial charge is 0.238 e. The van der Waals surface area contributed by atoms with Gasteiger partial charge in [-0.1, -0.05) is 18.2 Å². The Morgan fingerprint density at radius 1 is 1.20 bits per heavy atom. The third kappa shape index (κ3) is 5.47. The van der Waals surface area contributed by atoms with Crippen LogP contribution in [0.5, 0.6) is 11.5 Å². The number of amides is 1. The maximum absolute atomic E-state index is 12.2. The van der Waals surface area contributed by atoms with Gasteiger partial charge in [0.25, 0.3) is 0 Å². The first-order chi connectivity index (χ1) is 12.0. The van der Waals surface area contributed by atoms with E-state index in [0.29, 0.717) is 18.0 Å². The van der Waals surface area contributed by atoms with Gasteiger partial charge in [-0.15, -0.1) is 0 Å². The molecule has 0 bridgehead atoms. The molecule has 0 aliphatic heterocycles. The first-order valence-electron chi connectivity index (χ1n) is 8.13. The van der Waals surface area contributed by atoms with Gasteiger partial charge in [0.05, 0.1) is 30.4 Å². The summed E-state index contributed by atoms with van der Waals surface area (Å²) in [6, 6.07) is 13.3. The van der Waals surface area contributed by atoms with E-state index >= 15 is 0 Å². The van der Waals surface area contributed by atoms with E-state index in [4.69, 9.17) is 9.47 Å². The molecular weight excluding hydrogens is 384 g/mol. The number of methoxy groups -OCH3 is 1. The summed E-state index contributed by atoms with van der Waals surface area (Å²) in [5, 5.41) is 6.10. The maximum Gasteiger partial charge on any atom is 0.238 e. The van der Waals surface area contributed by atoms with Crippen molar-refractivity contribution in [3.05, 3.63) is 52.5 Å². The molecule has 5 nitrogen and oxygen atoms in total. The highest BCUT2D eigenvalue weighted by molar-refractivity contribution is 9.10. The predicted molar refractivity (Wildman–Crippen MR) is 103 cm³/mol. The zero-order chi connectivity index (χ0) is 18.2. The number of carbonyl (C=O) groups excluding carboxylic acids is 1. The van der Waals surface area contributed by atoms with Gasteiger partial charge in [0.2, 0.25) is 5.91 Å². The highest BCUT2D eigenvalue weighted by Gasteiger charge is 2.11. The van der Waals surface area contributed by atoms with E-state index in [1.165, 1.54) is 0 Å². The third-order valence-electron chi connectivity index (χ3n) is 3.71. The Morgan fingerprint density at radius 2 is 1.96 bits per heavy atom. The van der Waals surface area contributed by atoms with Crippen LogP contribution in [0.25, 0.3) is 0 Å². The van der Waals surface area contributed by atoms with E-state index in [1.54, 1.807) is 7.11 Å². The van der Waals surface area contributed by atoms with Crippen molar-refractivity contribution in [2.45, 2.75) is 19.9 Å². The second-order valence-electron chi connectivity index (χ2n) is 5.47. The third-order valence-corrected chi connectivity index (χ3v) is 4.33. The van der Waals surface area contributed by atoms with Gasteiger partial charge in [-0.3, -0.25) is 4.79 Å². The molecule has 2 rings (SSSR count). The van der Waals surface area contributed by atoms with Gasteiger partial charge in [-0.05, 0) is 59.6 Å². The molecule has 2 N–H and O–H groups in total. The van der Waals surface area contributed by atoms with Crippen molar-refractivity contribution < 1.29 is 14.3 Å². The molecule has 6 heteroatoms. The largest absolute Gasteiger partial charge is 0.496 e. The van der Waals surface area contributed by atoms with Crippen LogP contribution in [-0.2, 0) is 4.79 Å². The topological polar surface area (TPSA) is 59.6 Å². The Balaban J connectivity index is 1.92. The van der Waals surface area contributed by atoms with Crippen molar-refractivity contribution in [1.29, 1.82) is 0 Å². The van der Waals surface area contributed by atoms with Crippen molar-refractivity contribution in [3.63, 3.8) is 0 Å². The number of ether oxygens (including phenoxy) is 2. The minimum absolute atomic E-state index is 0.0232. The van der Waals surface area contributed by atoms with E-state index in [1.807, 2.05) is 56.3 Å². The minimum Gasteiger partial charge on any atom is -0.496 e. The standard InChI is InChI=1S/C19H23BrN2O3/c1-4-25-18-8-6-5-7-16(18)22-19(23)12-21-13(2)14-9-10-17(24-3)15(20)11-14/h5-11,13,21H,4,12H2,1-3H3,(H,22,23)/t13-/m1/s1. The van der Waals surface area contributed by atoms with E-state index in [0.717, 1.165) is 15.8 Å². The Bertz CT molecular complexity index is 722. The number of para-hydroxylation sites is 2. The molecule has 0 saturated carbocycles. The molecule has 0 aliphatic rings. The fourth-order valence-corrected chi connectivity index (χ4v) is 2.92. The Labute approximate surface area is 156 Å². The number of benzene rings is 2. The Kier molecular flexibility index (Phi) is 7.28. The summed E-state index contributed by atoms with van der Waals surface area (Å²) in [5.74, 6) is 1.33. The quantitative estimate of drug-likeness (QED) is 0.691. The average molecular weight is 407 g/mol. The van der Waals surface area contributed by atoms with Crippen LogP contribution in [0.3, 0.4) is 0 Å². The number of nitrogens with one attached hydrogen (secondary N) is 2. The Morgan fingerprint density at radius 3 is 2.64 bits per heavy atom. The molecule has 2 aromatic carbocycles. The SMILES string of the molecule is CCOc1ccccc1NC(=O)CN[C@H](C)c1ccc(OC)c(Br)c1. The first kappa shape index (κ1) is 19.3. The highest BCUT2D eigenvalue weighted by Crippen LogP contribution is 2.28. The summed E-state index contributed by atoms with van der Waals surface area (Å²) in [4.78, 5) is 12.2. The monoisotopic (exact) mass is 406 g/mol. The van der Waals surface area contributed by atoms with Gasteiger partial charge in [-0.2, -0.15) is 0 Å². The lowest BCUT2D eigenvalue weighted by Crippen LogP contribution is -2.30. The summed E-state index contributed by atoms with van der Waals surface area (Å²) < 4.78 is 11.6. The second-order valence-corrected chi connectivity index (χ2v) is 6.33. The van der Waals surface area contributed by atoms with Gasteiger partial charge >= 0.3 is 0 Å². The van der Waals surface area contributed by atoms with Gasteiger partial charge in [0, 0.05) is 6.04 Å². The lowest BCUT2D eigenvalue weighted by atomic mass is 10.1. The van der Waals surface area contributed by atoms with Crippen molar-refractivity contribution in [1.82, 2.24) is 5.32 Å². The van der Waals surface area contributed by atoms with Gasteiger partial charge in [0.1, 0.15) is 11.5 Å². The molecule has 0 radical (unpaired) electrons. The lowest BCUT2D eigenvalue weighted by molar-refractivity contribution is -0.115. The van der Waals surface area contributed by atoms with Crippen molar-refractivity contribution in [3.8, 4) is 11.5 Å². The number of rotatable bonds is 8. The van der Waals surface area contributed by atoms with Crippen LogP contribution in [0.4, 0.5) is 5.69 Å². The zero-order valence-electron chi connectivity index (χ0n) is 14.6. The average Bonchev–Trinajstić information content (AvgIpc) is 2.61. The highest BCUT2D eigenvalue weighted by atomic mass is 79.9. The van der Waals surface area contributed by atoms with Crippen LogP contribution in [0.2, 0.25) is 0 Å². The Hall–Kier alpha value is -2.05. The molecule has 0 unspecified atom stereocenters. The van der Waals surface area contributed by atoms with Crippen LogP contribution in [0.15, 0.2) is 46.9 Å². The molecule has 25 heavy (non-hydrogen) atoms. The number of hydrogen-bond acceptors (Lipinski definition) is 4. The normalized spacial score (nSPS) is 11.7. The van der Waals surface area contributed by atoms with Gasteiger partial charge < -0.3 is 20.1 Å². The molecule has 0 heterocycles. The fourth-order valence-electron chi connectivity index (χ4n) is 2.36. The van der Waals surface area contributed by atoms with Gasteiger partial charge in [-0.25, -0.2) is 0 Å². The molecule has 0 aliphatic carbocycles. The summed E-state index contributed by atoms with van der Waals surface area (Å²) in [5.41, 5.74) is 1.74. The van der Waals surface area contributed by atoms with Crippen LogP contribution in [0, 0.1) is 0 Å². The summed E-state index contributed by atoms with van der Waals surface area (Å²) in [6.45, 7) is 4.67. The van der Waals surface area contributed by atoms with E-state index in [9.17, 15) is 4.79 Å². The van der Waals surface area contributed by atoms with Crippen LogP contribution < -0.4 is 20.1 Å². The summed E-state index contributed by atoms with van der Waals surface area (Å²) in [6.07, 6.45) is 0. The molecule has 0 saturated heterocycles. The molecule has 2 aromatic rings. The molecule has 0 spiro atoms. The van der Waals surface area contributed by atoms with Crippen molar-refractivity contribution in [2.24, 2.45) is 0 Å². The van der Waals surface area contributed by atoms with E-state index in [-0.39, 0.29) is 18.5 Å². The number of anilines is 1. The maximum atomic E-state index is 12.2. The molecule has 1 atom stereocenters. The van der Waals surface area contributed by atoms with Crippen molar-refractivity contribution >= 4 is 27.5 Å². The number of hydrogen-bond donors (Lipinski definition) is 2. The number of halogens is 1. The molecule has 134 valence electrons. The van der Waals surface area contributed by atoms with Crippen LogP contribution >= 0.6 is 15.9 Å². The molecule has 0 fully saturated rings.